The molecule has 0 atom stereocenters. The van der Waals surface area contributed by atoms with E-state index in [0.717, 1.165) is 19.8 Å². The largest absolute Gasteiger partial charge is 0.390 e. The van der Waals surface area contributed by atoms with Gasteiger partial charge in [-0.3, -0.25) is 0 Å². The molecule has 0 amide bonds. The number of hydrogen-bond donors (Lipinski definition) is 1. The van der Waals surface area contributed by atoms with Gasteiger partial charge in [0.05, 0.1) is 16.3 Å². The monoisotopic (exact) mass is 381 g/mol. The predicted molar refractivity (Wildman–Crippen MR) is 90.5 cm³/mol. The summed E-state index contributed by atoms with van der Waals surface area (Å²) in [6.07, 6.45) is 0. The molecule has 108 valence electrons. The third kappa shape index (κ3) is 3.30. The van der Waals surface area contributed by atoms with Crippen LogP contribution in [0.15, 0.2) is 44.2 Å². The van der Waals surface area contributed by atoms with Gasteiger partial charge in [-0.25, -0.2) is 0 Å². The number of nitrogen functional groups attached to an aromatic ring is 1. The molecule has 4 nitrogen and oxygen atoms in total. The summed E-state index contributed by atoms with van der Waals surface area (Å²) in [5.41, 5.74) is 6.77. The Balaban J connectivity index is 1.74. The average Bonchev–Trinajstić information content (AvgIpc) is 3.04. The van der Waals surface area contributed by atoms with Crippen LogP contribution in [0.25, 0.3) is 11.5 Å². The fraction of sp³-hybridized carbons (Fsp3) is 0.143. The van der Waals surface area contributed by atoms with Gasteiger partial charge in [-0.2, -0.15) is 4.98 Å². The quantitative estimate of drug-likeness (QED) is 0.660. The second kappa shape index (κ2) is 6.21. The van der Waals surface area contributed by atoms with Crippen molar-refractivity contribution >= 4 is 44.0 Å². The number of benzene rings is 1. The van der Waals surface area contributed by atoms with Crippen LogP contribution in [0.5, 0.6) is 0 Å². The zero-order chi connectivity index (χ0) is 14.8. The lowest BCUT2D eigenvalue weighted by atomic mass is 10.3. The highest BCUT2D eigenvalue weighted by atomic mass is 79.9. The molecule has 0 bridgehead atoms. The maximum atomic E-state index is 5.95. The van der Waals surface area contributed by atoms with Gasteiger partial charge in [0.25, 0.3) is 5.89 Å². The molecule has 0 fully saturated rings. The highest BCUT2D eigenvalue weighted by molar-refractivity contribution is 9.10. The van der Waals surface area contributed by atoms with Crippen LogP contribution in [0, 0.1) is 6.92 Å². The Labute approximate surface area is 138 Å². The maximum Gasteiger partial charge on any atom is 0.260 e. The number of halogens is 1. The standard InChI is InChI=1S/C14H12BrN3OS2/c1-8-6-9(13(16)21-8)14-17-12(18-19-14)7-20-11-5-3-2-4-10(11)15/h2-6H,7,16H2,1H3. The number of rotatable bonds is 4. The molecule has 0 unspecified atom stereocenters. The molecule has 1 aromatic carbocycles. The van der Waals surface area contributed by atoms with Crippen molar-refractivity contribution in [2.24, 2.45) is 0 Å². The minimum absolute atomic E-state index is 0.486. The average molecular weight is 382 g/mol. The molecule has 21 heavy (non-hydrogen) atoms. The van der Waals surface area contributed by atoms with Crippen LogP contribution < -0.4 is 5.73 Å². The topological polar surface area (TPSA) is 64.9 Å². The Morgan fingerprint density at radius 2 is 2.19 bits per heavy atom. The van der Waals surface area contributed by atoms with Crippen molar-refractivity contribution in [3.63, 3.8) is 0 Å². The van der Waals surface area contributed by atoms with Crippen LogP contribution in [0.2, 0.25) is 0 Å². The van der Waals surface area contributed by atoms with E-state index in [1.165, 1.54) is 11.3 Å². The molecule has 0 saturated heterocycles. The second-order valence-corrected chi connectivity index (χ2v) is 7.53. The lowest BCUT2D eigenvalue weighted by Gasteiger charge is -2.00. The van der Waals surface area contributed by atoms with E-state index in [9.17, 15) is 0 Å². The van der Waals surface area contributed by atoms with Crippen molar-refractivity contribution in [2.45, 2.75) is 17.6 Å². The molecule has 3 aromatic rings. The van der Waals surface area contributed by atoms with Gasteiger partial charge in [-0.05, 0) is 41.1 Å². The summed E-state index contributed by atoms with van der Waals surface area (Å²) in [6, 6.07) is 10.0. The van der Waals surface area contributed by atoms with Gasteiger partial charge in [0.1, 0.15) is 0 Å². The van der Waals surface area contributed by atoms with Gasteiger partial charge < -0.3 is 10.3 Å². The van der Waals surface area contributed by atoms with Gasteiger partial charge in [-0.1, -0.05) is 17.3 Å². The van der Waals surface area contributed by atoms with Crippen LogP contribution >= 0.6 is 39.0 Å². The van der Waals surface area contributed by atoms with Crippen molar-refractivity contribution in [2.75, 3.05) is 5.73 Å². The molecule has 2 heterocycles. The molecular formula is C14H12BrN3OS2. The van der Waals surface area contributed by atoms with Crippen LogP contribution in [0.3, 0.4) is 0 Å². The predicted octanol–water partition coefficient (Wildman–Crippen LogP) is 4.74. The summed E-state index contributed by atoms with van der Waals surface area (Å²) >= 11 is 6.71. The number of thiophene rings is 1. The van der Waals surface area contributed by atoms with Gasteiger partial charge in [0.15, 0.2) is 5.82 Å². The SMILES string of the molecule is Cc1cc(-c2nc(CSc3ccccc3Br)no2)c(N)s1. The third-order valence-electron chi connectivity index (χ3n) is 2.78. The molecule has 0 saturated carbocycles. The molecule has 0 aliphatic rings. The third-order valence-corrected chi connectivity index (χ3v) is 5.68. The molecule has 0 aliphatic carbocycles. The highest BCUT2D eigenvalue weighted by Crippen LogP contribution is 2.33. The first-order chi connectivity index (χ1) is 10.1. The fourth-order valence-corrected chi connectivity index (χ4v) is 4.02. The van der Waals surface area contributed by atoms with E-state index in [-0.39, 0.29) is 0 Å². The zero-order valence-corrected chi connectivity index (χ0v) is 14.4. The molecule has 0 radical (unpaired) electrons. The number of aromatic nitrogens is 2. The Morgan fingerprint density at radius 1 is 1.38 bits per heavy atom. The normalized spacial score (nSPS) is 11.0. The fourth-order valence-electron chi connectivity index (χ4n) is 1.83. The van der Waals surface area contributed by atoms with Crippen LogP contribution in [0.4, 0.5) is 5.00 Å². The van der Waals surface area contributed by atoms with E-state index in [4.69, 9.17) is 10.3 Å². The summed E-state index contributed by atoms with van der Waals surface area (Å²) < 4.78 is 6.37. The Morgan fingerprint density at radius 3 is 2.90 bits per heavy atom. The maximum absolute atomic E-state index is 5.95. The minimum atomic E-state index is 0.486. The number of aryl methyl sites for hydroxylation is 1. The zero-order valence-electron chi connectivity index (χ0n) is 11.2. The molecule has 2 aromatic heterocycles. The molecule has 2 N–H and O–H groups in total. The van der Waals surface area contributed by atoms with Gasteiger partial charge in [0.2, 0.25) is 0 Å². The van der Waals surface area contributed by atoms with Gasteiger partial charge >= 0.3 is 0 Å². The first-order valence-corrected chi connectivity index (χ1v) is 8.79. The lowest BCUT2D eigenvalue weighted by Crippen LogP contribution is -1.86. The first kappa shape index (κ1) is 14.6. The van der Waals surface area contributed by atoms with E-state index in [1.807, 2.05) is 31.2 Å². The molecule has 3 rings (SSSR count). The van der Waals surface area contributed by atoms with Gasteiger partial charge in [-0.15, -0.1) is 23.1 Å². The van der Waals surface area contributed by atoms with Crippen molar-refractivity contribution in [3.05, 3.63) is 45.5 Å². The van der Waals surface area contributed by atoms with E-state index < -0.39 is 0 Å². The summed E-state index contributed by atoms with van der Waals surface area (Å²) in [6.45, 7) is 2.00. The lowest BCUT2D eigenvalue weighted by molar-refractivity contribution is 0.425. The van der Waals surface area contributed by atoms with Crippen molar-refractivity contribution < 1.29 is 4.52 Å². The van der Waals surface area contributed by atoms with Crippen molar-refractivity contribution in [1.82, 2.24) is 10.1 Å². The first-order valence-electron chi connectivity index (χ1n) is 6.19. The number of nitrogens with two attached hydrogens (primary N) is 1. The van der Waals surface area contributed by atoms with Crippen LogP contribution in [0.1, 0.15) is 10.7 Å². The number of anilines is 1. The molecular weight excluding hydrogens is 370 g/mol. The number of thioether (sulfide) groups is 1. The minimum Gasteiger partial charge on any atom is -0.390 e. The summed E-state index contributed by atoms with van der Waals surface area (Å²) in [5.74, 6) is 1.79. The Kier molecular flexibility index (Phi) is 4.32. The molecule has 7 heteroatoms. The van der Waals surface area contributed by atoms with Gasteiger partial charge in [0, 0.05) is 14.2 Å². The Hall–Kier alpha value is -1.31. The molecule has 0 aliphatic heterocycles. The Bertz CT molecular complexity index is 769. The van der Waals surface area contributed by atoms with E-state index in [0.29, 0.717) is 22.5 Å². The number of nitrogens with zero attached hydrogens (tertiary/aromatic N) is 2. The van der Waals surface area contributed by atoms with E-state index in [1.54, 1.807) is 11.8 Å². The molecule has 0 spiro atoms. The summed E-state index contributed by atoms with van der Waals surface area (Å²) in [4.78, 5) is 6.69. The summed E-state index contributed by atoms with van der Waals surface area (Å²) in [7, 11) is 0. The van der Waals surface area contributed by atoms with E-state index >= 15 is 0 Å². The summed E-state index contributed by atoms with van der Waals surface area (Å²) in [5, 5.41) is 4.72. The van der Waals surface area contributed by atoms with Crippen LogP contribution in [-0.2, 0) is 5.75 Å². The van der Waals surface area contributed by atoms with Crippen LogP contribution in [-0.4, -0.2) is 10.1 Å². The second-order valence-electron chi connectivity index (χ2n) is 4.37. The van der Waals surface area contributed by atoms with Crippen molar-refractivity contribution in [3.8, 4) is 11.5 Å². The smallest absolute Gasteiger partial charge is 0.260 e. The van der Waals surface area contributed by atoms with Crippen molar-refractivity contribution in [1.29, 1.82) is 0 Å². The number of hydrogen-bond acceptors (Lipinski definition) is 6. The van der Waals surface area contributed by atoms with E-state index in [2.05, 4.69) is 32.1 Å². The highest BCUT2D eigenvalue weighted by Gasteiger charge is 2.14.